The second-order valence-electron chi connectivity index (χ2n) is 18.4. The van der Waals surface area contributed by atoms with Crippen LogP contribution in [0, 0.1) is 20.8 Å². The van der Waals surface area contributed by atoms with E-state index in [1.807, 2.05) is 12.4 Å². The molecule has 0 unspecified atom stereocenters. The smallest absolute Gasteiger partial charge is 0.417 e. The van der Waals surface area contributed by atoms with Crippen LogP contribution in [0.25, 0.3) is 94.5 Å². The summed E-state index contributed by atoms with van der Waals surface area (Å²) >= 11 is 0. The average molecular weight is 819 g/mol. The highest BCUT2D eigenvalue weighted by Gasteiger charge is 2.40. The second-order valence-corrected chi connectivity index (χ2v) is 18.4. The lowest BCUT2D eigenvalue weighted by atomic mass is 9.60. The van der Waals surface area contributed by atoms with Gasteiger partial charge in [-0.15, -0.1) is 0 Å². The zero-order valence-corrected chi connectivity index (χ0v) is 36.3. The second kappa shape index (κ2) is 12.5. The molecule has 12 aromatic rings. The summed E-state index contributed by atoms with van der Waals surface area (Å²) in [6.45, 7) is 13.2. The number of benzene rings is 6. The molecule has 6 aromatic heterocycles. The maximum Gasteiger partial charge on any atom is 0.417 e. The third-order valence-corrected chi connectivity index (χ3v) is 13.7. The van der Waals surface area contributed by atoms with Crippen molar-refractivity contribution in [1.29, 1.82) is 0 Å². The van der Waals surface area contributed by atoms with Crippen molar-refractivity contribution in [2.24, 2.45) is 0 Å². The molecule has 0 radical (unpaired) electrons. The number of anilines is 1. The number of hydrogen-bond donors (Lipinski definition) is 0. The summed E-state index contributed by atoms with van der Waals surface area (Å²) in [5.41, 5.74) is 17.1. The molecule has 304 valence electrons. The van der Waals surface area contributed by atoms with Crippen LogP contribution in [-0.4, -0.2) is 47.0 Å². The molecule has 9 nitrogen and oxygen atoms in total. The maximum atomic E-state index is 7.09. The summed E-state index contributed by atoms with van der Waals surface area (Å²) in [5, 5.41) is 4.44. The minimum atomic E-state index is -0.0996. The van der Waals surface area contributed by atoms with Gasteiger partial charge in [0.1, 0.15) is 17.2 Å². The van der Waals surface area contributed by atoms with Crippen molar-refractivity contribution in [3.63, 3.8) is 0 Å². The Morgan fingerprint density at radius 2 is 1.38 bits per heavy atom. The number of fused-ring (bicyclic) bond motifs is 15. The first-order valence-electron chi connectivity index (χ1n) is 21.7. The molecule has 1 aliphatic rings. The Bertz CT molecular complexity index is 3910. The van der Waals surface area contributed by atoms with Gasteiger partial charge in [0.25, 0.3) is 0 Å². The third kappa shape index (κ3) is 4.80. The van der Waals surface area contributed by atoms with Gasteiger partial charge in [-0.3, -0.25) is 8.97 Å². The molecule has 0 spiro atoms. The summed E-state index contributed by atoms with van der Waals surface area (Å²) in [4.78, 5) is 18.0. The number of aromatic nitrogens is 7. The quantitative estimate of drug-likeness (QED) is 0.166. The number of para-hydroxylation sites is 3. The van der Waals surface area contributed by atoms with Crippen LogP contribution < -0.4 is 10.3 Å². The average Bonchev–Trinajstić information content (AvgIpc) is 4.10. The van der Waals surface area contributed by atoms with Gasteiger partial charge in [-0.1, -0.05) is 98.6 Å². The molecule has 10 heteroatoms. The van der Waals surface area contributed by atoms with E-state index in [1.165, 1.54) is 22.2 Å². The molecule has 0 aliphatic carbocycles. The van der Waals surface area contributed by atoms with Crippen LogP contribution in [0.15, 0.2) is 138 Å². The number of hydrogen-bond acceptors (Lipinski definition) is 5. The number of rotatable bonds is 3. The Balaban J connectivity index is 1.17. The van der Waals surface area contributed by atoms with Crippen molar-refractivity contribution in [2.45, 2.75) is 47.0 Å². The lowest BCUT2D eigenvalue weighted by molar-refractivity contribution is 0.588. The molecule has 0 fully saturated rings. The van der Waals surface area contributed by atoms with E-state index in [2.05, 4.69) is 193 Å². The first-order valence-corrected chi connectivity index (χ1v) is 21.7. The van der Waals surface area contributed by atoms with Crippen LogP contribution in [0.4, 0.5) is 5.69 Å². The van der Waals surface area contributed by atoms with Crippen molar-refractivity contribution < 1.29 is 4.42 Å². The van der Waals surface area contributed by atoms with Gasteiger partial charge >= 0.3 is 6.98 Å². The van der Waals surface area contributed by atoms with Gasteiger partial charge in [0, 0.05) is 46.0 Å². The van der Waals surface area contributed by atoms with Crippen molar-refractivity contribution in [3.05, 3.63) is 156 Å². The maximum absolute atomic E-state index is 7.09. The zero-order chi connectivity index (χ0) is 42.6. The zero-order valence-electron chi connectivity index (χ0n) is 36.3. The molecule has 13 rings (SSSR count). The molecule has 7 heterocycles. The number of pyridine rings is 1. The van der Waals surface area contributed by atoms with Crippen molar-refractivity contribution in [1.82, 2.24) is 33.0 Å². The van der Waals surface area contributed by atoms with Crippen LogP contribution in [0.2, 0.25) is 0 Å². The topological polar surface area (TPSA) is 74.2 Å². The van der Waals surface area contributed by atoms with E-state index in [4.69, 9.17) is 19.4 Å². The Kier molecular flexibility index (Phi) is 7.17. The molecule has 0 atom stereocenters. The van der Waals surface area contributed by atoms with Gasteiger partial charge in [0.05, 0.1) is 44.2 Å². The fraction of sp³-hybridized carbons (Fsp3) is 0.151. The van der Waals surface area contributed by atoms with Crippen molar-refractivity contribution >= 4 is 89.7 Å². The molecule has 6 aromatic carbocycles. The van der Waals surface area contributed by atoms with E-state index in [-0.39, 0.29) is 12.4 Å². The molecule has 0 saturated carbocycles. The minimum absolute atomic E-state index is 0.0701. The monoisotopic (exact) mass is 818 g/mol. The molecular weight excluding hydrogens is 775 g/mol. The minimum Gasteiger partial charge on any atom is -0.454 e. The normalized spacial score (nSPS) is 13.3. The predicted molar refractivity (Wildman–Crippen MR) is 259 cm³/mol. The fourth-order valence-electron chi connectivity index (χ4n) is 10.7. The Morgan fingerprint density at radius 1 is 0.635 bits per heavy atom. The SMILES string of the molecule is Cc1cccc(C)c1B1N(C)c2c(cc(-n3c4ccccc4c4cc5c(cc43)n(-c3cc(C(C)(C)C)ccn3)c3nc4c(C)cccc4n53)c3oc4ccccc4c23)-c2nccn21. The lowest BCUT2D eigenvalue weighted by Gasteiger charge is -2.37. The molecule has 1 aliphatic heterocycles. The van der Waals surface area contributed by atoms with Crippen molar-refractivity contribution in [2.75, 3.05) is 11.9 Å². The highest BCUT2D eigenvalue weighted by Crippen LogP contribution is 2.49. The predicted octanol–water partition coefficient (Wildman–Crippen LogP) is 11.6. The van der Waals surface area contributed by atoms with Crippen molar-refractivity contribution in [3.8, 4) is 22.9 Å². The van der Waals surface area contributed by atoms with Crippen LogP contribution in [0.3, 0.4) is 0 Å². The van der Waals surface area contributed by atoms with Gasteiger partial charge < -0.3 is 18.3 Å². The summed E-state index contributed by atoms with van der Waals surface area (Å²) in [6.07, 6.45) is 5.99. The van der Waals surface area contributed by atoms with E-state index < -0.39 is 0 Å². The Hall–Kier alpha value is -7.59. The molecule has 0 amide bonds. The Morgan fingerprint density at radius 3 is 2.21 bits per heavy atom. The van der Waals surface area contributed by atoms with Gasteiger partial charge in [-0.25, -0.2) is 15.0 Å². The number of aryl methyl sites for hydroxylation is 3. The third-order valence-electron chi connectivity index (χ3n) is 13.7. The Labute approximate surface area is 363 Å². The lowest BCUT2D eigenvalue weighted by Crippen LogP contribution is -2.56. The highest BCUT2D eigenvalue weighted by molar-refractivity contribution is 6.77. The van der Waals surface area contributed by atoms with E-state index in [0.29, 0.717) is 0 Å². The van der Waals surface area contributed by atoms with E-state index in [1.54, 1.807) is 0 Å². The number of furan rings is 1. The number of imidazole rings is 3. The van der Waals surface area contributed by atoms with Crippen LogP contribution in [0.5, 0.6) is 0 Å². The molecule has 63 heavy (non-hydrogen) atoms. The van der Waals surface area contributed by atoms with E-state index >= 15 is 0 Å². The van der Waals surface area contributed by atoms with Crippen LogP contribution >= 0.6 is 0 Å². The summed E-state index contributed by atoms with van der Waals surface area (Å²) in [5.74, 6) is 2.59. The molecule has 0 saturated heterocycles. The first kappa shape index (κ1) is 36.1. The standard InChI is InChI=1S/C53H43BN8O/c1-30-14-12-15-31(2)47(30)54-58(7)49-37(51-56-24-25-59(51)54)28-43(50-46(49)35-18-9-11-21-44(35)63-50)60-38-19-10-8-17-34(38)36-27-41-42(29-40(36)60)62(45-26-33(22-23-55-45)53(4,5)6)52-57-48-32(3)16-13-20-39(48)61(41)52/h8-29H,1-7H3. The first-order chi connectivity index (χ1) is 30.6. The van der Waals surface area contributed by atoms with E-state index in [0.717, 1.165) is 106 Å². The molecule has 0 N–H and O–H groups in total. The largest absolute Gasteiger partial charge is 0.454 e. The fourth-order valence-corrected chi connectivity index (χ4v) is 10.7. The van der Waals surface area contributed by atoms with Gasteiger partial charge in [0.15, 0.2) is 5.58 Å². The van der Waals surface area contributed by atoms with Crippen LogP contribution in [0.1, 0.15) is 43.0 Å². The highest BCUT2D eigenvalue weighted by atomic mass is 16.3. The summed E-state index contributed by atoms with van der Waals surface area (Å²) < 4.78 is 16.4. The van der Waals surface area contributed by atoms with Crippen LogP contribution in [-0.2, 0) is 5.41 Å². The molecule has 0 bridgehead atoms. The van der Waals surface area contributed by atoms with Gasteiger partial charge in [0.2, 0.25) is 5.78 Å². The summed E-state index contributed by atoms with van der Waals surface area (Å²) in [6, 6.07) is 41.5. The van der Waals surface area contributed by atoms with E-state index in [9.17, 15) is 0 Å². The molecular formula is C53H43BN8O. The van der Waals surface area contributed by atoms with Gasteiger partial charge in [-0.2, -0.15) is 0 Å². The summed E-state index contributed by atoms with van der Waals surface area (Å²) in [7, 11) is 2.22. The van der Waals surface area contributed by atoms with Gasteiger partial charge in [-0.05, 0) is 98.4 Å². The number of nitrogens with zero attached hydrogens (tertiary/aromatic N) is 8.